The lowest BCUT2D eigenvalue weighted by atomic mass is 10.3. The highest BCUT2D eigenvalue weighted by Gasteiger charge is 2.30. The summed E-state index contributed by atoms with van der Waals surface area (Å²) in [5, 5.41) is 8.74. The van der Waals surface area contributed by atoms with Crippen LogP contribution in [0.2, 0.25) is 0 Å². The zero-order valence-corrected chi connectivity index (χ0v) is 6.19. The molecule has 0 radical (unpaired) electrons. The van der Waals surface area contributed by atoms with Crippen molar-refractivity contribution >= 4 is 0 Å². The molecule has 5 heteroatoms. The topological polar surface area (TPSA) is 29.5 Å². The minimum Gasteiger partial charge on any atom is -0.391 e. The first kappa shape index (κ1) is 10.7. The molecule has 0 bridgehead atoms. The normalized spacial score (nSPS) is 15.0. The molecule has 11 heavy (non-hydrogen) atoms. The standard InChI is InChI=1S/C6H11F3O2/c1-2-5(10)3-11-6(8,9)4-7/h5,10H,2-4H2,1H3. The van der Waals surface area contributed by atoms with E-state index in [9.17, 15) is 13.2 Å². The van der Waals surface area contributed by atoms with Crippen LogP contribution in [0.4, 0.5) is 13.2 Å². The van der Waals surface area contributed by atoms with E-state index in [1.54, 1.807) is 6.92 Å². The summed E-state index contributed by atoms with van der Waals surface area (Å²) in [5.41, 5.74) is 0. The maximum atomic E-state index is 11.9. The van der Waals surface area contributed by atoms with E-state index < -0.39 is 25.5 Å². The maximum absolute atomic E-state index is 11.9. The molecule has 1 unspecified atom stereocenters. The third-order valence-electron chi connectivity index (χ3n) is 1.11. The smallest absolute Gasteiger partial charge is 0.384 e. The van der Waals surface area contributed by atoms with E-state index in [0.717, 1.165) is 0 Å². The van der Waals surface area contributed by atoms with Gasteiger partial charge in [0.25, 0.3) is 0 Å². The number of hydrogen-bond donors (Lipinski definition) is 1. The molecule has 0 spiro atoms. The summed E-state index contributed by atoms with van der Waals surface area (Å²) in [7, 11) is 0. The van der Waals surface area contributed by atoms with Crippen molar-refractivity contribution in [1.29, 1.82) is 0 Å². The van der Waals surface area contributed by atoms with Crippen molar-refractivity contribution in [1.82, 2.24) is 0 Å². The first-order valence-electron chi connectivity index (χ1n) is 3.27. The molecule has 0 aromatic rings. The summed E-state index contributed by atoms with van der Waals surface area (Å²) in [6.07, 6.45) is -4.40. The van der Waals surface area contributed by atoms with E-state index in [0.29, 0.717) is 6.42 Å². The largest absolute Gasteiger partial charge is 0.391 e. The molecule has 0 aliphatic heterocycles. The second-order valence-corrected chi connectivity index (χ2v) is 2.14. The van der Waals surface area contributed by atoms with Gasteiger partial charge in [-0.05, 0) is 6.42 Å². The number of rotatable bonds is 5. The van der Waals surface area contributed by atoms with Crippen molar-refractivity contribution in [2.45, 2.75) is 25.6 Å². The Morgan fingerprint density at radius 2 is 2.09 bits per heavy atom. The van der Waals surface area contributed by atoms with Crippen LogP contribution in [0.5, 0.6) is 0 Å². The van der Waals surface area contributed by atoms with Crippen molar-refractivity contribution in [3.63, 3.8) is 0 Å². The van der Waals surface area contributed by atoms with E-state index in [-0.39, 0.29) is 0 Å². The van der Waals surface area contributed by atoms with Crippen LogP contribution in [0.25, 0.3) is 0 Å². The van der Waals surface area contributed by atoms with Gasteiger partial charge in [-0.25, -0.2) is 4.39 Å². The second-order valence-electron chi connectivity index (χ2n) is 2.14. The molecule has 0 fully saturated rings. The Hall–Kier alpha value is -0.290. The number of alkyl halides is 3. The second kappa shape index (κ2) is 4.56. The number of aliphatic hydroxyl groups is 1. The van der Waals surface area contributed by atoms with E-state index in [2.05, 4.69) is 4.74 Å². The van der Waals surface area contributed by atoms with Gasteiger partial charge >= 0.3 is 6.11 Å². The quantitative estimate of drug-likeness (QED) is 0.678. The van der Waals surface area contributed by atoms with Crippen LogP contribution in [0.3, 0.4) is 0 Å². The van der Waals surface area contributed by atoms with Gasteiger partial charge in [-0.3, -0.25) is 0 Å². The summed E-state index contributed by atoms with van der Waals surface area (Å²) in [4.78, 5) is 0. The highest BCUT2D eigenvalue weighted by molar-refractivity contribution is 4.53. The Morgan fingerprint density at radius 3 is 2.45 bits per heavy atom. The molecule has 0 saturated carbocycles. The molecule has 0 aliphatic rings. The first-order chi connectivity index (χ1) is 5.02. The van der Waals surface area contributed by atoms with Crippen LogP contribution < -0.4 is 0 Å². The van der Waals surface area contributed by atoms with Crippen LogP contribution in [-0.2, 0) is 4.74 Å². The molecular weight excluding hydrogens is 161 g/mol. The zero-order chi connectivity index (χ0) is 8.91. The van der Waals surface area contributed by atoms with Crippen LogP contribution in [-0.4, -0.2) is 30.6 Å². The van der Waals surface area contributed by atoms with Gasteiger partial charge in [-0.15, -0.1) is 0 Å². The molecule has 0 heterocycles. The first-order valence-corrected chi connectivity index (χ1v) is 3.27. The Balaban J connectivity index is 3.52. The Bertz CT molecular complexity index is 108. The number of halogens is 3. The fourth-order valence-corrected chi connectivity index (χ4v) is 0.375. The fourth-order valence-electron chi connectivity index (χ4n) is 0.375. The van der Waals surface area contributed by atoms with Crippen LogP contribution in [0.15, 0.2) is 0 Å². The van der Waals surface area contributed by atoms with Gasteiger partial charge < -0.3 is 9.84 Å². The molecule has 0 aromatic heterocycles. The van der Waals surface area contributed by atoms with E-state index in [4.69, 9.17) is 5.11 Å². The van der Waals surface area contributed by atoms with Gasteiger partial charge in [0.05, 0.1) is 12.7 Å². The monoisotopic (exact) mass is 172 g/mol. The highest BCUT2D eigenvalue weighted by atomic mass is 19.3. The lowest BCUT2D eigenvalue weighted by molar-refractivity contribution is -0.255. The molecule has 0 aliphatic carbocycles. The predicted octanol–water partition coefficient (Wildman–Crippen LogP) is 1.34. The summed E-state index contributed by atoms with van der Waals surface area (Å²) in [5.74, 6) is 0. The predicted molar refractivity (Wildman–Crippen MR) is 33.2 cm³/mol. The van der Waals surface area contributed by atoms with Crippen molar-refractivity contribution in [2.75, 3.05) is 13.3 Å². The average molecular weight is 172 g/mol. The van der Waals surface area contributed by atoms with E-state index in [1.807, 2.05) is 0 Å². The zero-order valence-electron chi connectivity index (χ0n) is 6.19. The van der Waals surface area contributed by atoms with Gasteiger partial charge in [-0.1, -0.05) is 6.92 Å². The highest BCUT2D eigenvalue weighted by Crippen LogP contribution is 2.15. The van der Waals surface area contributed by atoms with Crippen molar-refractivity contribution in [3.8, 4) is 0 Å². The number of aliphatic hydroxyl groups excluding tert-OH is 1. The molecule has 0 rings (SSSR count). The molecule has 0 aromatic carbocycles. The molecule has 0 saturated heterocycles. The summed E-state index contributed by atoms with van der Waals surface area (Å²) in [6, 6.07) is 0. The minimum atomic E-state index is -3.75. The van der Waals surface area contributed by atoms with Gasteiger partial charge in [0.15, 0.2) is 6.67 Å². The van der Waals surface area contributed by atoms with Crippen LogP contribution >= 0.6 is 0 Å². The molecule has 0 amide bonds. The van der Waals surface area contributed by atoms with Crippen molar-refractivity contribution in [3.05, 3.63) is 0 Å². The lowest BCUT2D eigenvalue weighted by Crippen LogP contribution is -2.28. The van der Waals surface area contributed by atoms with Crippen LogP contribution in [0, 0.1) is 0 Å². The molecule has 1 N–H and O–H groups in total. The minimum absolute atomic E-state index is 0.308. The fraction of sp³-hybridized carbons (Fsp3) is 1.00. The maximum Gasteiger partial charge on any atom is 0.384 e. The van der Waals surface area contributed by atoms with E-state index in [1.165, 1.54) is 0 Å². The number of hydrogen-bond acceptors (Lipinski definition) is 2. The third kappa shape index (κ3) is 5.03. The SMILES string of the molecule is CCC(O)COC(F)(F)CF. The Labute approximate surface area is 63.0 Å². The summed E-state index contributed by atoms with van der Waals surface area (Å²) in [6.45, 7) is -0.779. The third-order valence-corrected chi connectivity index (χ3v) is 1.11. The van der Waals surface area contributed by atoms with Gasteiger partial charge in [0, 0.05) is 0 Å². The molecule has 1 atom stereocenters. The number of ether oxygens (including phenoxy) is 1. The van der Waals surface area contributed by atoms with Crippen LogP contribution in [0.1, 0.15) is 13.3 Å². The van der Waals surface area contributed by atoms with Crippen molar-refractivity contribution < 1.29 is 23.0 Å². The summed E-state index contributed by atoms with van der Waals surface area (Å²) >= 11 is 0. The Kier molecular flexibility index (Phi) is 4.44. The van der Waals surface area contributed by atoms with E-state index >= 15 is 0 Å². The Morgan fingerprint density at radius 1 is 1.55 bits per heavy atom. The molecule has 68 valence electrons. The van der Waals surface area contributed by atoms with Gasteiger partial charge in [0.1, 0.15) is 0 Å². The van der Waals surface area contributed by atoms with Crippen molar-refractivity contribution in [2.24, 2.45) is 0 Å². The average Bonchev–Trinajstić information content (AvgIpc) is 2.00. The lowest BCUT2D eigenvalue weighted by Gasteiger charge is -2.14. The summed E-state index contributed by atoms with van der Waals surface area (Å²) < 4.78 is 39.0. The van der Waals surface area contributed by atoms with Gasteiger partial charge in [-0.2, -0.15) is 8.78 Å². The molecular formula is C6H11F3O2. The molecule has 2 nitrogen and oxygen atoms in total. The van der Waals surface area contributed by atoms with Gasteiger partial charge in [0.2, 0.25) is 0 Å².